The highest BCUT2D eigenvalue weighted by Crippen LogP contribution is 2.40. The monoisotopic (exact) mass is 317 g/mol. The molecule has 1 fully saturated rings. The van der Waals surface area contributed by atoms with Gasteiger partial charge < -0.3 is 10.1 Å². The van der Waals surface area contributed by atoms with E-state index in [1.807, 2.05) is 13.8 Å². The zero-order valence-corrected chi connectivity index (χ0v) is 14.8. The molecule has 1 atom stereocenters. The molecule has 0 aliphatic heterocycles. The Kier molecular flexibility index (Phi) is 5.12. The van der Waals surface area contributed by atoms with Crippen LogP contribution < -0.4 is 5.32 Å². The van der Waals surface area contributed by atoms with Crippen molar-refractivity contribution in [2.75, 3.05) is 6.61 Å². The Labute approximate surface area is 138 Å². The van der Waals surface area contributed by atoms with Crippen molar-refractivity contribution in [1.29, 1.82) is 0 Å². The number of carbonyl (C=O) groups is 2. The number of hydrogen-bond acceptors (Lipinski definition) is 3. The summed E-state index contributed by atoms with van der Waals surface area (Å²) in [4.78, 5) is 24.8. The Hall–Kier alpha value is -1.84. The van der Waals surface area contributed by atoms with Crippen LogP contribution in [0.25, 0.3) is 0 Å². The number of carbonyl (C=O) groups excluding carboxylic acids is 2. The molecule has 4 nitrogen and oxygen atoms in total. The maximum absolute atomic E-state index is 12.5. The van der Waals surface area contributed by atoms with E-state index in [4.69, 9.17) is 4.74 Å². The van der Waals surface area contributed by atoms with Crippen molar-refractivity contribution in [3.8, 4) is 0 Å². The summed E-state index contributed by atoms with van der Waals surface area (Å²) < 4.78 is 5.17. The van der Waals surface area contributed by atoms with E-state index in [0.29, 0.717) is 13.0 Å². The second kappa shape index (κ2) is 6.73. The van der Waals surface area contributed by atoms with E-state index >= 15 is 0 Å². The van der Waals surface area contributed by atoms with Crippen LogP contribution in [0.15, 0.2) is 12.1 Å². The van der Waals surface area contributed by atoms with Crippen LogP contribution in [-0.4, -0.2) is 24.0 Å². The van der Waals surface area contributed by atoms with E-state index in [1.54, 1.807) is 13.8 Å². The molecule has 4 heteroatoms. The molecule has 0 radical (unpaired) electrons. The van der Waals surface area contributed by atoms with Crippen LogP contribution in [0.2, 0.25) is 0 Å². The molecule has 0 aromatic heterocycles. The topological polar surface area (TPSA) is 55.4 Å². The summed E-state index contributed by atoms with van der Waals surface area (Å²) in [5.74, 6) is -0.263. The number of nitrogens with one attached hydrogen (secondary N) is 1. The first-order chi connectivity index (χ1) is 10.8. The average Bonchev–Trinajstić information content (AvgIpc) is 3.27. The van der Waals surface area contributed by atoms with Gasteiger partial charge >= 0.3 is 5.97 Å². The van der Waals surface area contributed by atoms with Gasteiger partial charge in [-0.15, -0.1) is 0 Å². The number of benzene rings is 1. The van der Waals surface area contributed by atoms with E-state index in [2.05, 4.69) is 24.4 Å². The second-order valence-electron chi connectivity index (χ2n) is 6.80. The SMILES string of the molecule is CCOC(=O)[C@](C)(NC(=O)Cc1c(C)cc(C)cc1C)C1CC1. The lowest BCUT2D eigenvalue weighted by molar-refractivity contribution is -0.153. The van der Waals surface area contributed by atoms with E-state index < -0.39 is 5.54 Å². The number of rotatable bonds is 6. The zero-order valence-electron chi connectivity index (χ0n) is 14.8. The average molecular weight is 317 g/mol. The van der Waals surface area contributed by atoms with Gasteiger partial charge in [0.1, 0.15) is 5.54 Å². The second-order valence-corrected chi connectivity index (χ2v) is 6.80. The Morgan fingerprint density at radius 2 is 1.78 bits per heavy atom. The first kappa shape index (κ1) is 17.5. The van der Waals surface area contributed by atoms with Gasteiger partial charge in [0.25, 0.3) is 0 Å². The van der Waals surface area contributed by atoms with Crippen LogP contribution in [0.1, 0.15) is 48.9 Å². The number of amides is 1. The maximum Gasteiger partial charge on any atom is 0.331 e. The van der Waals surface area contributed by atoms with Crippen molar-refractivity contribution < 1.29 is 14.3 Å². The van der Waals surface area contributed by atoms with E-state index in [0.717, 1.165) is 29.5 Å². The molecule has 1 N–H and O–H groups in total. The molecule has 0 unspecified atom stereocenters. The van der Waals surface area contributed by atoms with Gasteiger partial charge in [-0.1, -0.05) is 17.7 Å². The molecule has 0 saturated heterocycles. The maximum atomic E-state index is 12.5. The summed E-state index contributed by atoms with van der Waals surface area (Å²) in [5, 5.41) is 2.94. The lowest BCUT2D eigenvalue weighted by Gasteiger charge is -2.28. The molecule has 0 spiro atoms. The molecular formula is C19H27NO3. The standard InChI is InChI=1S/C19H27NO3/c1-6-23-18(22)19(5,15-7-8-15)20-17(21)11-16-13(3)9-12(2)10-14(16)4/h9-10,15H,6-8,11H2,1-5H3,(H,20,21)/t19-/m1/s1. The van der Waals surface area contributed by atoms with Crippen molar-refractivity contribution in [3.05, 3.63) is 34.4 Å². The number of hydrogen-bond donors (Lipinski definition) is 1. The normalized spacial score (nSPS) is 16.6. The number of ether oxygens (including phenoxy) is 1. The van der Waals surface area contributed by atoms with E-state index in [-0.39, 0.29) is 17.8 Å². The Balaban J connectivity index is 2.13. The zero-order chi connectivity index (χ0) is 17.2. The van der Waals surface area contributed by atoms with Crippen LogP contribution in [-0.2, 0) is 20.7 Å². The van der Waals surface area contributed by atoms with Gasteiger partial charge in [0, 0.05) is 0 Å². The number of aryl methyl sites for hydroxylation is 3. The highest BCUT2D eigenvalue weighted by atomic mass is 16.5. The number of esters is 1. The predicted molar refractivity (Wildman–Crippen MR) is 90.3 cm³/mol. The third-order valence-electron chi connectivity index (χ3n) is 4.67. The van der Waals surface area contributed by atoms with Gasteiger partial charge in [-0.3, -0.25) is 4.79 Å². The van der Waals surface area contributed by atoms with Crippen molar-refractivity contribution in [2.24, 2.45) is 5.92 Å². The largest absolute Gasteiger partial charge is 0.464 e. The molecule has 23 heavy (non-hydrogen) atoms. The summed E-state index contributed by atoms with van der Waals surface area (Å²) in [7, 11) is 0. The molecule has 0 heterocycles. The molecule has 126 valence electrons. The summed E-state index contributed by atoms with van der Waals surface area (Å²) in [5.41, 5.74) is 3.55. The van der Waals surface area contributed by atoms with Crippen LogP contribution >= 0.6 is 0 Å². The minimum Gasteiger partial charge on any atom is -0.464 e. The van der Waals surface area contributed by atoms with Crippen LogP contribution in [0.3, 0.4) is 0 Å². The minimum atomic E-state index is -0.903. The Morgan fingerprint density at radius 1 is 1.22 bits per heavy atom. The van der Waals surface area contributed by atoms with E-state index in [1.165, 1.54) is 5.56 Å². The van der Waals surface area contributed by atoms with Gasteiger partial charge in [-0.2, -0.15) is 0 Å². The molecular weight excluding hydrogens is 290 g/mol. The third kappa shape index (κ3) is 3.92. The van der Waals surface area contributed by atoms with Gasteiger partial charge in [0.2, 0.25) is 5.91 Å². The van der Waals surface area contributed by atoms with Gasteiger partial charge in [0.15, 0.2) is 0 Å². The van der Waals surface area contributed by atoms with Crippen molar-refractivity contribution in [2.45, 2.75) is 59.4 Å². The third-order valence-corrected chi connectivity index (χ3v) is 4.67. The van der Waals surface area contributed by atoms with Gasteiger partial charge in [-0.25, -0.2) is 4.79 Å². The Bertz CT molecular complexity index is 596. The predicted octanol–water partition coefficient (Wildman–Crippen LogP) is 3.00. The summed E-state index contributed by atoms with van der Waals surface area (Å²) in [6.07, 6.45) is 2.20. The van der Waals surface area contributed by atoms with E-state index in [9.17, 15) is 9.59 Å². The fourth-order valence-electron chi connectivity index (χ4n) is 3.24. The first-order valence-corrected chi connectivity index (χ1v) is 8.33. The highest BCUT2D eigenvalue weighted by Gasteiger charge is 2.49. The summed E-state index contributed by atoms with van der Waals surface area (Å²) >= 11 is 0. The van der Waals surface area contributed by atoms with Crippen LogP contribution in [0.4, 0.5) is 0 Å². The van der Waals surface area contributed by atoms with Crippen molar-refractivity contribution in [3.63, 3.8) is 0 Å². The fourth-order valence-corrected chi connectivity index (χ4v) is 3.24. The minimum absolute atomic E-state index is 0.123. The fraction of sp³-hybridized carbons (Fsp3) is 0.579. The molecule has 1 aliphatic rings. The molecule has 0 bridgehead atoms. The molecule has 2 rings (SSSR count). The van der Waals surface area contributed by atoms with Gasteiger partial charge in [0.05, 0.1) is 13.0 Å². The quantitative estimate of drug-likeness (QED) is 0.821. The first-order valence-electron chi connectivity index (χ1n) is 8.33. The van der Waals surface area contributed by atoms with Crippen molar-refractivity contribution >= 4 is 11.9 Å². The molecule has 1 saturated carbocycles. The van der Waals surface area contributed by atoms with Crippen LogP contribution in [0.5, 0.6) is 0 Å². The van der Waals surface area contributed by atoms with Crippen LogP contribution in [0, 0.1) is 26.7 Å². The highest BCUT2D eigenvalue weighted by molar-refractivity contribution is 5.89. The van der Waals surface area contributed by atoms with Crippen molar-refractivity contribution in [1.82, 2.24) is 5.32 Å². The molecule has 1 aliphatic carbocycles. The molecule has 1 aromatic rings. The lowest BCUT2D eigenvalue weighted by Crippen LogP contribution is -2.55. The Morgan fingerprint density at radius 3 is 2.26 bits per heavy atom. The smallest absolute Gasteiger partial charge is 0.331 e. The van der Waals surface area contributed by atoms with Gasteiger partial charge in [-0.05, 0) is 70.1 Å². The summed E-state index contributed by atoms with van der Waals surface area (Å²) in [6, 6.07) is 4.17. The molecule has 1 amide bonds. The molecule has 1 aromatic carbocycles. The summed E-state index contributed by atoms with van der Waals surface area (Å²) in [6.45, 7) is 9.99. The lowest BCUT2D eigenvalue weighted by atomic mass is 9.93.